The molecule has 3 heterocycles. The van der Waals surface area contributed by atoms with Gasteiger partial charge < -0.3 is 14.7 Å². The van der Waals surface area contributed by atoms with Gasteiger partial charge in [0, 0.05) is 37.6 Å². The van der Waals surface area contributed by atoms with Gasteiger partial charge in [0.05, 0.1) is 23.2 Å². The monoisotopic (exact) mass is 395 g/mol. The van der Waals surface area contributed by atoms with Crippen molar-refractivity contribution in [3.63, 3.8) is 0 Å². The Kier molecular flexibility index (Phi) is 6.21. The summed E-state index contributed by atoms with van der Waals surface area (Å²) < 4.78 is 5.30. The molecule has 1 N–H and O–H groups in total. The first-order valence-electron chi connectivity index (χ1n) is 9.55. The second-order valence-electron chi connectivity index (χ2n) is 7.28. The van der Waals surface area contributed by atoms with E-state index in [-0.39, 0.29) is 24.3 Å². The van der Waals surface area contributed by atoms with Crippen LogP contribution in [-0.4, -0.2) is 52.0 Å². The smallest absolute Gasteiger partial charge is 0.259 e. The number of fused-ring (bicyclic) bond motifs is 1. The molecule has 3 aromatic heterocycles. The van der Waals surface area contributed by atoms with Crippen molar-refractivity contribution in [2.24, 2.45) is 0 Å². The molecule has 0 aliphatic heterocycles. The van der Waals surface area contributed by atoms with Crippen LogP contribution in [0.15, 0.2) is 35.0 Å². The third-order valence-corrected chi connectivity index (χ3v) is 4.65. The molecule has 8 heteroatoms. The predicted molar refractivity (Wildman–Crippen MR) is 109 cm³/mol. The van der Waals surface area contributed by atoms with Crippen molar-refractivity contribution in [2.45, 2.75) is 33.1 Å². The predicted octanol–water partition coefficient (Wildman–Crippen LogP) is 2.48. The lowest BCUT2D eigenvalue weighted by Gasteiger charge is -2.17. The molecular formula is C21H25N5O3. The van der Waals surface area contributed by atoms with Gasteiger partial charge in [0.2, 0.25) is 5.91 Å². The van der Waals surface area contributed by atoms with Crippen LogP contribution in [0.5, 0.6) is 0 Å². The molecule has 8 nitrogen and oxygen atoms in total. The van der Waals surface area contributed by atoms with Crippen molar-refractivity contribution < 1.29 is 14.1 Å². The minimum atomic E-state index is -0.350. The van der Waals surface area contributed by atoms with Crippen molar-refractivity contribution >= 4 is 22.9 Å². The average Bonchev–Trinajstić information content (AvgIpc) is 3.14. The van der Waals surface area contributed by atoms with Gasteiger partial charge in [-0.25, -0.2) is 4.98 Å². The first-order valence-corrected chi connectivity index (χ1v) is 9.55. The molecule has 0 unspecified atom stereocenters. The number of nitrogens with zero attached hydrogens (tertiary/aromatic N) is 4. The van der Waals surface area contributed by atoms with Crippen LogP contribution in [0.25, 0.3) is 11.1 Å². The van der Waals surface area contributed by atoms with Crippen molar-refractivity contribution in [3.8, 4) is 0 Å². The highest BCUT2D eigenvalue weighted by Gasteiger charge is 2.22. The molecule has 0 saturated carbocycles. The first kappa shape index (κ1) is 20.4. The van der Waals surface area contributed by atoms with E-state index in [1.807, 2.05) is 32.0 Å². The van der Waals surface area contributed by atoms with Gasteiger partial charge in [-0.15, -0.1) is 0 Å². The third-order valence-electron chi connectivity index (χ3n) is 4.65. The Labute approximate surface area is 169 Å². The quantitative estimate of drug-likeness (QED) is 0.659. The minimum absolute atomic E-state index is 0.0756. The number of amides is 2. The lowest BCUT2D eigenvalue weighted by atomic mass is 10.0. The zero-order valence-electron chi connectivity index (χ0n) is 17.1. The molecule has 0 spiro atoms. The molecule has 3 rings (SSSR count). The number of aryl methyl sites for hydroxylation is 1. The first-order chi connectivity index (χ1) is 13.9. The summed E-state index contributed by atoms with van der Waals surface area (Å²) in [6, 6.07) is 7.38. The van der Waals surface area contributed by atoms with Crippen LogP contribution in [0, 0.1) is 6.92 Å². The highest BCUT2D eigenvalue weighted by molar-refractivity contribution is 6.07. The molecule has 0 aliphatic carbocycles. The SMILES string of the molecule is Cc1cc(C(=O)NCC(=O)N(C)CCc2ccccn2)c2c(C(C)C)noc2n1. The summed E-state index contributed by atoms with van der Waals surface area (Å²) in [4.78, 5) is 35.3. The summed E-state index contributed by atoms with van der Waals surface area (Å²) in [6.45, 7) is 6.15. The van der Waals surface area contributed by atoms with Gasteiger partial charge in [0.1, 0.15) is 0 Å². The van der Waals surface area contributed by atoms with Crippen molar-refractivity contribution in [2.75, 3.05) is 20.1 Å². The van der Waals surface area contributed by atoms with E-state index in [0.29, 0.717) is 41.0 Å². The van der Waals surface area contributed by atoms with Gasteiger partial charge >= 0.3 is 0 Å². The van der Waals surface area contributed by atoms with Gasteiger partial charge in [-0.05, 0) is 31.0 Å². The highest BCUT2D eigenvalue weighted by atomic mass is 16.5. The fourth-order valence-corrected chi connectivity index (χ4v) is 3.01. The Morgan fingerprint density at radius 3 is 2.76 bits per heavy atom. The summed E-state index contributed by atoms with van der Waals surface area (Å²) in [5.74, 6) is -0.450. The maximum absolute atomic E-state index is 12.8. The minimum Gasteiger partial charge on any atom is -0.344 e. The number of pyridine rings is 2. The van der Waals surface area contributed by atoms with Gasteiger partial charge in [-0.2, -0.15) is 0 Å². The van der Waals surface area contributed by atoms with Crippen molar-refractivity contribution in [3.05, 3.63) is 53.1 Å². The van der Waals surface area contributed by atoms with Gasteiger partial charge in [-0.3, -0.25) is 14.6 Å². The second-order valence-corrected chi connectivity index (χ2v) is 7.28. The maximum Gasteiger partial charge on any atom is 0.259 e. The van der Waals surface area contributed by atoms with E-state index in [2.05, 4.69) is 20.4 Å². The number of aromatic nitrogens is 3. The number of carbonyl (C=O) groups excluding carboxylic acids is 2. The standard InChI is InChI=1S/C21H25N5O3/c1-13(2)19-18-16(11-14(3)24-21(18)29-25-19)20(28)23-12-17(27)26(4)10-8-15-7-5-6-9-22-15/h5-7,9,11,13H,8,10,12H2,1-4H3,(H,23,28). The molecule has 0 aliphatic rings. The number of nitrogens with one attached hydrogen (secondary N) is 1. The van der Waals surface area contributed by atoms with E-state index in [1.165, 1.54) is 0 Å². The molecule has 29 heavy (non-hydrogen) atoms. The number of hydrogen-bond donors (Lipinski definition) is 1. The molecule has 0 saturated heterocycles. The van der Waals surface area contributed by atoms with E-state index >= 15 is 0 Å². The molecular weight excluding hydrogens is 370 g/mol. The van der Waals surface area contributed by atoms with E-state index in [1.54, 1.807) is 31.1 Å². The summed E-state index contributed by atoms with van der Waals surface area (Å²) >= 11 is 0. The Hall–Kier alpha value is -3.29. The van der Waals surface area contributed by atoms with E-state index in [4.69, 9.17) is 4.52 Å². The van der Waals surface area contributed by atoms with E-state index in [0.717, 1.165) is 5.69 Å². The number of carbonyl (C=O) groups is 2. The molecule has 2 amide bonds. The summed E-state index contributed by atoms with van der Waals surface area (Å²) in [5, 5.41) is 7.36. The van der Waals surface area contributed by atoms with Gasteiger partial charge in [-0.1, -0.05) is 25.1 Å². The zero-order valence-corrected chi connectivity index (χ0v) is 17.1. The van der Waals surface area contributed by atoms with Crippen LogP contribution in [0.1, 0.15) is 47.2 Å². The Morgan fingerprint density at radius 2 is 2.07 bits per heavy atom. The van der Waals surface area contributed by atoms with Crippen LogP contribution in [-0.2, 0) is 11.2 Å². The molecule has 0 atom stereocenters. The van der Waals surface area contributed by atoms with Crippen LogP contribution in [0.2, 0.25) is 0 Å². The fraction of sp³-hybridized carbons (Fsp3) is 0.381. The molecule has 0 aromatic carbocycles. The number of hydrogen-bond acceptors (Lipinski definition) is 6. The normalized spacial score (nSPS) is 11.1. The average molecular weight is 395 g/mol. The molecule has 0 bridgehead atoms. The van der Waals surface area contributed by atoms with Gasteiger partial charge in [0.25, 0.3) is 11.6 Å². The molecule has 0 fully saturated rings. The van der Waals surface area contributed by atoms with Crippen LogP contribution < -0.4 is 5.32 Å². The Balaban J connectivity index is 1.66. The molecule has 152 valence electrons. The molecule has 0 radical (unpaired) electrons. The second kappa shape index (κ2) is 8.81. The fourth-order valence-electron chi connectivity index (χ4n) is 3.01. The topological polar surface area (TPSA) is 101 Å². The van der Waals surface area contributed by atoms with Crippen molar-refractivity contribution in [1.82, 2.24) is 25.3 Å². The number of rotatable bonds is 7. The lowest BCUT2D eigenvalue weighted by Crippen LogP contribution is -2.39. The summed E-state index contributed by atoms with van der Waals surface area (Å²) in [7, 11) is 1.71. The Bertz CT molecular complexity index is 1010. The Morgan fingerprint density at radius 1 is 1.28 bits per heavy atom. The summed E-state index contributed by atoms with van der Waals surface area (Å²) in [6.07, 6.45) is 2.38. The zero-order chi connectivity index (χ0) is 21.0. The van der Waals surface area contributed by atoms with Gasteiger partial charge in [0.15, 0.2) is 0 Å². The highest BCUT2D eigenvalue weighted by Crippen LogP contribution is 2.27. The lowest BCUT2D eigenvalue weighted by molar-refractivity contribution is -0.128. The van der Waals surface area contributed by atoms with E-state index in [9.17, 15) is 9.59 Å². The number of likely N-dealkylation sites (N-methyl/N-ethyl adjacent to an activating group) is 1. The largest absolute Gasteiger partial charge is 0.344 e. The maximum atomic E-state index is 12.8. The van der Waals surface area contributed by atoms with Crippen LogP contribution in [0.4, 0.5) is 0 Å². The molecule has 3 aromatic rings. The van der Waals surface area contributed by atoms with Crippen LogP contribution >= 0.6 is 0 Å². The third kappa shape index (κ3) is 4.77. The van der Waals surface area contributed by atoms with E-state index < -0.39 is 0 Å². The van der Waals surface area contributed by atoms with Crippen LogP contribution in [0.3, 0.4) is 0 Å². The summed E-state index contributed by atoms with van der Waals surface area (Å²) in [5.41, 5.74) is 2.99. The van der Waals surface area contributed by atoms with Crippen molar-refractivity contribution in [1.29, 1.82) is 0 Å².